The van der Waals surface area contributed by atoms with Crippen LogP contribution in [0.1, 0.15) is 107 Å². The number of esters is 1. The van der Waals surface area contributed by atoms with E-state index in [1.165, 1.54) is 31.8 Å². The van der Waals surface area contributed by atoms with E-state index in [0.717, 1.165) is 25.7 Å². The van der Waals surface area contributed by atoms with Crippen LogP contribution in [0, 0.1) is 56.7 Å². The second-order valence-electron chi connectivity index (χ2n) is 15.2. The van der Waals surface area contributed by atoms with Gasteiger partial charge in [-0.2, -0.15) is 0 Å². The molecule has 11 atom stereocenters. The van der Waals surface area contributed by atoms with E-state index in [-0.39, 0.29) is 33.9 Å². The molecule has 0 aromatic rings. The molecule has 5 rings (SSSR count). The maximum atomic E-state index is 14.4. The Morgan fingerprint density at radius 3 is 2.27 bits per heavy atom. The molecule has 0 aliphatic heterocycles. The van der Waals surface area contributed by atoms with Gasteiger partial charge in [-0.3, -0.25) is 9.59 Å². The minimum Gasteiger partial charge on any atom is -0.462 e. The van der Waals surface area contributed by atoms with E-state index in [1.807, 2.05) is 6.92 Å². The van der Waals surface area contributed by atoms with Gasteiger partial charge in [0, 0.05) is 12.8 Å². The van der Waals surface area contributed by atoms with Crippen molar-refractivity contribution in [3.8, 4) is 0 Å². The molecule has 37 heavy (non-hydrogen) atoms. The molecule has 0 aromatic carbocycles. The van der Waals surface area contributed by atoms with Crippen molar-refractivity contribution in [2.75, 3.05) is 0 Å². The lowest BCUT2D eigenvalue weighted by atomic mass is 9.33. The first-order valence-corrected chi connectivity index (χ1v) is 14.9. The number of hydrogen-bond acceptors (Lipinski definition) is 5. The van der Waals surface area contributed by atoms with Gasteiger partial charge in [0.1, 0.15) is 6.10 Å². The summed E-state index contributed by atoms with van der Waals surface area (Å²) in [5.74, 6) is 1.24. The van der Waals surface area contributed by atoms with Crippen molar-refractivity contribution in [3.63, 3.8) is 0 Å². The van der Waals surface area contributed by atoms with Gasteiger partial charge in [0.05, 0.1) is 5.41 Å². The van der Waals surface area contributed by atoms with Crippen molar-refractivity contribution in [2.45, 2.75) is 119 Å². The topological polar surface area (TPSA) is 83.8 Å². The highest BCUT2D eigenvalue weighted by atomic mass is 16.5. The molecule has 2 N–H and O–H groups in total. The van der Waals surface area contributed by atoms with Gasteiger partial charge in [0.2, 0.25) is 0 Å². The molecular weight excluding hydrogens is 464 g/mol. The summed E-state index contributed by atoms with van der Waals surface area (Å²) in [6, 6.07) is 0. The van der Waals surface area contributed by atoms with Crippen molar-refractivity contribution in [3.05, 3.63) is 11.6 Å². The Kier molecular flexibility index (Phi) is 6.21. The summed E-state index contributed by atoms with van der Waals surface area (Å²) in [5.41, 5.74) is 0.0562. The molecule has 0 heterocycles. The number of rotatable bonds is 2. The molecule has 0 radical (unpaired) electrons. The van der Waals surface area contributed by atoms with Gasteiger partial charge < -0.3 is 14.9 Å². The Morgan fingerprint density at radius 2 is 1.65 bits per heavy atom. The second kappa shape index (κ2) is 8.40. The highest BCUT2D eigenvalue weighted by molar-refractivity contribution is 5.95. The van der Waals surface area contributed by atoms with Crippen LogP contribution in [0.5, 0.6) is 0 Å². The lowest BCUT2D eigenvalue weighted by Gasteiger charge is -2.71. The van der Waals surface area contributed by atoms with Gasteiger partial charge in [-0.1, -0.05) is 54.0 Å². The molecule has 5 heteroatoms. The lowest BCUT2D eigenvalue weighted by Crippen LogP contribution is -2.68. The molecular formula is C32H50O5. The molecule has 208 valence electrons. The predicted octanol–water partition coefficient (Wildman–Crippen LogP) is 6.07. The minimum atomic E-state index is -1.62. The monoisotopic (exact) mass is 514 g/mol. The third kappa shape index (κ3) is 3.41. The first-order chi connectivity index (χ1) is 17.1. The third-order valence-electron chi connectivity index (χ3n) is 13.7. The molecule has 0 amide bonds. The number of fused-ring (bicyclic) bond motifs is 7. The fourth-order valence-corrected chi connectivity index (χ4v) is 11.1. The van der Waals surface area contributed by atoms with Crippen molar-refractivity contribution in [2.24, 2.45) is 56.7 Å². The summed E-state index contributed by atoms with van der Waals surface area (Å²) < 4.78 is 5.69. The van der Waals surface area contributed by atoms with Gasteiger partial charge in [-0.25, -0.2) is 0 Å². The zero-order valence-corrected chi connectivity index (χ0v) is 24.4. The summed E-state index contributed by atoms with van der Waals surface area (Å²) >= 11 is 0. The number of allylic oxidation sites excluding steroid dienone is 2. The fraction of sp³-hybridized carbons (Fsp3) is 0.875. The van der Waals surface area contributed by atoms with Gasteiger partial charge >= 0.3 is 5.97 Å². The van der Waals surface area contributed by atoms with Crippen molar-refractivity contribution in [1.82, 2.24) is 0 Å². The minimum absolute atomic E-state index is 0.0456. The van der Waals surface area contributed by atoms with Crippen LogP contribution in [-0.4, -0.2) is 34.4 Å². The first-order valence-electron chi connectivity index (χ1n) is 14.9. The van der Waals surface area contributed by atoms with Crippen LogP contribution in [0.3, 0.4) is 0 Å². The van der Waals surface area contributed by atoms with Crippen LogP contribution in [0.25, 0.3) is 0 Å². The van der Waals surface area contributed by atoms with Gasteiger partial charge in [-0.05, 0) is 103 Å². The summed E-state index contributed by atoms with van der Waals surface area (Å²) in [6.45, 7) is 17.6. The highest BCUT2D eigenvalue weighted by Crippen LogP contribution is 2.75. The average Bonchev–Trinajstić information content (AvgIpc) is 2.79. The molecule has 4 fully saturated rings. The second-order valence-corrected chi connectivity index (χ2v) is 15.2. The number of hydrogen-bond donors (Lipinski definition) is 2. The van der Waals surface area contributed by atoms with Gasteiger partial charge in [-0.15, -0.1) is 0 Å². The number of ether oxygens (including phenoxy) is 1. The number of aliphatic hydroxyl groups excluding tert-OH is 1. The standard InChI is InChI=1S/C32H50O5/c1-18-9-12-28(4)15-16-30(6)21(25(28)19(18)2)17-22(34)26-29(5)13-11-24(37-20(3)33)32(8,27(35)36)23(29)10-14-31(26,30)7/h17-19,23-27,35-36H,9-16H2,1-8H3/t18-,19-,23-,24-,25-,26-,28+,29-,30-,31+,32+/m0/s1. The number of ketones is 1. The molecule has 0 unspecified atom stereocenters. The Bertz CT molecular complexity index is 1020. The van der Waals surface area contributed by atoms with Crippen LogP contribution in [-0.2, 0) is 14.3 Å². The lowest BCUT2D eigenvalue weighted by molar-refractivity contribution is -0.268. The Labute approximate surface area is 223 Å². The van der Waals surface area contributed by atoms with Crippen LogP contribution in [0.15, 0.2) is 11.6 Å². The van der Waals surface area contributed by atoms with Crippen LogP contribution in [0.4, 0.5) is 0 Å². The summed E-state index contributed by atoms with van der Waals surface area (Å²) in [6.07, 6.45) is 7.72. The molecule has 0 aromatic heterocycles. The molecule has 0 spiro atoms. The molecule has 0 saturated heterocycles. The number of aliphatic hydroxyl groups is 2. The van der Waals surface area contributed by atoms with E-state index in [1.54, 1.807) is 0 Å². The maximum Gasteiger partial charge on any atom is 0.302 e. The maximum absolute atomic E-state index is 14.4. The fourth-order valence-electron chi connectivity index (χ4n) is 11.1. The number of carbonyl (C=O) groups is 2. The molecule has 5 aliphatic carbocycles. The molecule has 5 aliphatic rings. The van der Waals surface area contributed by atoms with E-state index in [0.29, 0.717) is 24.2 Å². The molecule has 5 nitrogen and oxygen atoms in total. The highest BCUT2D eigenvalue weighted by Gasteiger charge is 2.71. The Balaban J connectivity index is 1.61. The predicted molar refractivity (Wildman–Crippen MR) is 143 cm³/mol. The Hall–Kier alpha value is -1.20. The van der Waals surface area contributed by atoms with Crippen molar-refractivity contribution >= 4 is 11.8 Å². The average molecular weight is 515 g/mol. The normalized spacial score (nSPS) is 53.4. The van der Waals surface area contributed by atoms with E-state index in [2.05, 4.69) is 47.6 Å². The SMILES string of the molecule is CC(=O)O[C@H]1CC[C@@]2(C)[C@H](CC[C@]3(C)[C@H]2C(=O)C=C2[C@@H]4[C@@H](C)[C@@H](C)CC[C@]4(C)CC[C@@]23C)[C@@]1(C)C(O)O. The number of carbonyl (C=O) groups excluding carboxylic acids is 2. The van der Waals surface area contributed by atoms with Crippen molar-refractivity contribution < 1.29 is 24.5 Å². The van der Waals surface area contributed by atoms with Crippen LogP contribution < -0.4 is 0 Å². The smallest absolute Gasteiger partial charge is 0.302 e. The van der Waals surface area contributed by atoms with Gasteiger partial charge in [0.15, 0.2) is 12.1 Å². The summed E-state index contributed by atoms with van der Waals surface area (Å²) in [7, 11) is 0. The van der Waals surface area contributed by atoms with E-state index >= 15 is 0 Å². The van der Waals surface area contributed by atoms with E-state index in [4.69, 9.17) is 4.74 Å². The van der Waals surface area contributed by atoms with E-state index in [9.17, 15) is 19.8 Å². The first kappa shape index (κ1) is 27.4. The Morgan fingerprint density at radius 1 is 0.973 bits per heavy atom. The summed E-state index contributed by atoms with van der Waals surface area (Å²) in [4.78, 5) is 26.3. The van der Waals surface area contributed by atoms with Gasteiger partial charge in [0.25, 0.3) is 0 Å². The zero-order valence-electron chi connectivity index (χ0n) is 24.4. The largest absolute Gasteiger partial charge is 0.462 e. The third-order valence-corrected chi connectivity index (χ3v) is 13.7. The van der Waals surface area contributed by atoms with Crippen LogP contribution >= 0.6 is 0 Å². The van der Waals surface area contributed by atoms with Crippen LogP contribution in [0.2, 0.25) is 0 Å². The quantitative estimate of drug-likeness (QED) is 0.345. The molecule has 4 saturated carbocycles. The van der Waals surface area contributed by atoms with E-state index < -0.39 is 29.2 Å². The van der Waals surface area contributed by atoms with Crippen molar-refractivity contribution in [1.29, 1.82) is 0 Å². The zero-order chi connectivity index (χ0) is 27.3. The molecule has 0 bridgehead atoms. The summed E-state index contributed by atoms with van der Waals surface area (Å²) in [5, 5.41) is 21.4.